The van der Waals surface area contributed by atoms with Crippen LogP contribution in [0.2, 0.25) is 0 Å². The van der Waals surface area contributed by atoms with Crippen molar-refractivity contribution in [1.29, 1.82) is 0 Å². The molecule has 0 aliphatic heterocycles. The summed E-state index contributed by atoms with van der Waals surface area (Å²) in [7, 11) is 1.56. The lowest BCUT2D eigenvalue weighted by Gasteiger charge is -2.43. The van der Waals surface area contributed by atoms with E-state index in [0.717, 1.165) is 12.1 Å². The minimum atomic E-state index is -4.35. The fourth-order valence-corrected chi connectivity index (χ4v) is 2.44. The Bertz CT molecular complexity index is 448. The highest BCUT2D eigenvalue weighted by atomic mass is 19.4. The number of alkyl halides is 3. The van der Waals surface area contributed by atoms with E-state index in [2.05, 4.69) is 0 Å². The van der Waals surface area contributed by atoms with Crippen LogP contribution in [0.3, 0.4) is 0 Å². The molecule has 1 aliphatic carbocycles. The molecule has 2 nitrogen and oxygen atoms in total. The molecular weight excluding hydrogens is 245 g/mol. The molecule has 0 spiro atoms. The van der Waals surface area contributed by atoms with Crippen molar-refractivity contribution in [3.8, 4) is 0 Å². The van der Waals surface area contributed by atoms with Crippen molar-refractivity contribution in [2.24, 2.45) is 0 Å². The fourth-order valence-electron chi connectivity index (χ4n) is 2.44. The zero-order valence-electron chi connectivity index (χ0n) is 10.2. The normalized spacial score (nSPS) is 28.0. The number of benzene rings is 1. The summed E-state index contributed by atoms with van der Waals surface area (Å²) < 4.78 is 42.7. The first-order valence-electron chi connectivity index (χ1n) is 5.70. The summed E-state index contributed by atoms with van der Waals surface area (Å²) in [4.78, 5) is 0. The Balaban J connectivity index is 2.27. The van der Waals surface area contributed by atoms with Crippen LogP contribution < -0.4 is 0 Å². The Morgan fingerprint density at radius 1 is 1.33 bits per heavy atom. The first-order valence-corrected chi connectivity index (χ1v) is 5.70. The van der Waals surface area contributed by atoms with Crippen molar-refractivity contribution in [2.75, 3.05) is 7.11 Å². The Morgan fingerprint density at radius 3 is 2.39 bits per heavy atom. The molecule has 0 saturated heterocycles. The van der Waals surface area contributed by atoms with Gasteiger partial charge in [0.15, 0.2) is 0 Å². The van der Waals surface area contributed by atoms with Gasteiger partial charge >= 0.3 is 6.18 Å². The van der Waals surface area contributed by atoms with E-state index in [1.54, 1.807) is 14.0 Å². The van der Waals surface area contributed by atoms with Gasteiger partial charge < -0.3 is 9.84 Å². The van der Waals surface area contributed by atoms with Gasteiger partial charge in [-0.15, -0.1) is 0 Å². The molecule has 0 atom stereocenters. The van der Waals surface area contributed by atoms with E-state index in [9.17, 15) is 18.3 Å². The van der Waals surface area contributed by atoms with E-state index < -0.39 is 17.3 Å². The van der Waals surface area contributed by atoms with Crippen LogP contribution in [0.5, 0.6) is 0 Å². The first-order chi connectivity index (χ1) is 8.26. The second-order valence-electron chi connectivity index (χ2n) is 4.83. The Morgan fingerprint density at radius 2 is 1.94 bits per heavy atom. The van der Waals surface area contributed by atoms with Crippen LogP contribution >= 0.6 is 0 Å². The summed E-state index contributed by atoms with van der Waals surface area (Å²) in [6.07, 6.45) is -3.51. The van der Waals surface area contributed by atoms with E-state index >= 15 is 0 Å². The quantitative estimate of drug-likeness (QED) is 0.885. The Labute approximate surface area is 103 Å². The molecule has 0 bridgehead atoms. The highest BCUT2D eigenvalue weighted by Gasteiger charge is 2.45. The molecule has 0 aromatic heterocycles. The molecule has 1 aromatic rings. The molecule has 2 rings (SSSR count). The molecule has 0 radical (unpaired) electrons. The molecule has 1 saturated carbocycles. The highest BCUT2D eigenvalue weighted by molar-refractivity contribution is 5.38. The van der Waals surface area contributed by atoms with Crippen LogP contribution in [0.1, 0.15) is 29.5 Å². The second kappa shape index (κ2) is 4.24. The van der Waals surface area contributed by atoms with E-state index in [-0.39, 0.29) is 6.10 Å². The van der Waals surface area contributed by atoms with Crippen LogP contribution in [0.4, 0.5) is 13.2 Å². The molecule has 100 valence electrons. The maximum Gasteiger partial charge on any atom is 0.416 e. The highest BCUT2D eigenvalue weighted by Crippen LogP contribution is 2.44. The number of ether oxygens (including phenoxy) is 1. The standard InChI is InChI=1S/C13H15F3O2/c1-8-5-9(13(14,15)16)3-4-11(8)12(17)6-10(7-12)18-2/h3-5,10,17H,6-7H2,1-2H3. The minimum absolute atomic E-state index is 0.0170. The summed E-state index contributed by atoms with van der Waals surface area (Å²) in [6, 6.07) is 3.46. The summed E-state index contributed by atoms with van der Waals surface area (Å²) in [5.41, 5.74) is -0.713. The smallest absolute Gasteiger partial charge is 0.385 e. The monoisotopic (exact) mass is 260 g/mol. The lowest BCUT2D eigenvalue weighted by molar-refractivity contribution is -0.139. The lowest BCUT2D eigenvalue weighted by atomic mass is 9.71. The van der Waals surface area contributed by atoms with E-state index in [0.29, 0.717) is 24.0 Å². The zero-order valence-corrected chi connectivity index (χ0v) is 10.2. The first kappa shape index (κ1) is 13.4. The molecule has 1 aliphatic rings. The van der Waals surface area contributed by atoms with Gasteiger partial charge in [-0.1, -0.05) is 6.07 Å². The molecule has 0 heterocycles. The number of hydrogen-bond acceptors (Lipinski definition) is 2. The van der Waals surface area contributed by atoms with Crippen molar-refractivity contribution in [2.45, 2.75) is 37.6 Å². The van der Waals surface area contributed by atoms with Gasteiger partial charge in [0.2, 0.25) is 0 Å². The van der Waals surface area contributed by atoms with Crippen LogP contribution in [0.15, 0.2) is 18.2 Å². The van der Waals surface area contributed by atoms with Gasteiger partial charge in [0.1, 0.15) is 0 Å². The minimum Gasteiger partial charge on any atom is -0.385 e. The topological polar surface area (TPSA) is 29.5 Å². The maximum atomic E-state index is 12.5. The number of aryl methyl sites for hydroxylation is 1. The summed E-state index contributed by atoms with van der Waals surface area (Å²) in [5.74, 6) is 0. The summed E-state index contributed by atoms with van der Waals surface area (Å²) in [5, 5.41) is 10.3. The third kappa shape index (κ3) is 2.24. The predicted octanol–water partition coefficient (Wildman–Crippen LogP) is 3.01. The van der Waals surface area contributed by atoms with E-state index in [4.69, 9.17) is 4.74 Å². The van der Waals surface area contributed by atoms with Crippen LogP contribution in [-0.4, -0.2) is 18.3 Å². The lowest BCUT2D eigenvalue weighted by Crippen LogP contribution is -2.45. The molecule has 5 heteroatoms. The van der Waals surface area contributed by atoms with E-state index in [1.807, 2.05) is 0 Å². The van der Waals surface area contributed by atoms with Crippen molar-refractivity contribution < 1.29 is 23.0 Å². The molecule has 1 N–H and O–H groups in total. The van der Waals surface area contributed by atoms with Gasteiger partial charge in [-0.2, -0.15) is 13.2 Å². The van der Waals surface area contributed by atoms with Crippen LogP contribution in [0.25, 0.3) is 0 Å². The Hall–Kier alpha value is -1.07. The second-order valence-corrected chi connectivity index (χ2v) is 4.83. The molecule has 1 fully saturated rings. The Kier molecular flexibility index (Phi) is 3.15. The van der Waals surface area contributed by atoms with Crippen molar-refractivity contribution in [3.05, 3.63) is 34.9 Å². The van der Waals surface area contributed by atoms with Gasteiger partial charge in [0, 0.05) is 20.0 Å². The van der Waals surface area contributed by atoms with E-state index in [1.165, 1.54) is 6.07 Å². The third-order valence-corrected chi connectivity index (χ3v) is 3.52. The van der Waals surface area contributed by atoms with Crippen LogP contribution in [-0.2, 0) is 16.5 Å². The number of halogens is 3. The van der Waals surface area contributed by atoms with Gasteiger partial charge in [-0.25, -0.2) is 0 Å². The number of hydrogen-bond donors (Lipinski definition) is 1. The number of rotatable bonds is 2. The number of aliphatic hydroxyl groups is 1. The molecule has 0 unspecified atom stereocenters. The van der Waals surface area contributed by atoms with Gasteiger partial charge in [-0.05, 0) is 30.2 Å². The van der Waals surface area contributed by atoms with Gasteiger partial charge in [0.25, 0.3) is 0 Å². The molecule has 0 amide bonds. The SMILES string of the molecule is COC1CC(O)(c2ccc(C(F)(F)F)cc2C)C1. The zero-order chi connectivity index (χ0) is 13.6. The molecule has 18 heavy (non-hydrogen) atoms. The van der Waals surface area contributed by atoms with Crippen LogP contribution in [0, 0.1) is 6.92 Å². The average Bonchev–Trinajstić information content (AvgIpc) is 2.23. The van der Waals surface area contributed by atoms with Gasteiger partial charge in [0.05, 0.1) is 17.3 Å². The predicted molar refractivity (Wildman–Crippen MR) is 60.1 cm³/mol. The molecular formula is C13H15F3O2. The molecule has 1 aromatic carbocycles. The summed E-state index contributed by atoms with van der Waals surface area (Å²) in [6.45, 7) is 1.59. The average molecular weight is 260 g/mol. The van der Waals surface area contributed by atoms with Crippen molar-refractivity contribution >= 4 is 0 Å². The van der Waals surface area contributed by atoms with Crippen molar-refractivity contribution in [3.63, 3.8) is 0 Å². The van der Waals surface area contributed by atoms with Gasteiger partial charge in [-0.3, -0.25) is 0 Å². The number of methoxy groups -OCH3 is 1. The van der Waals surface area contributed by atoms with Crippen molar-refractivity contribution in [1.82, 2.24) is 0 Å². The maximum absolute atomic E-state index is 12.5. The summed E-state index contributed by atoms with van der Waals surface area (Å²) >= 11 is 0. The fraction of sp³-hybridized carbons (Fsp3) is 0.538. The third-order valence-electron chi connectivity index (χ3n) is 3.52. The largest absolute Gasteiger partial charge is 0.416 e.